The molecule has 6 heteroatoms. The second-order valence-electron chi connectivity index (χ2n) is 6.84. The van der Waals surface area contributed by atoms with Gasteiger partial charge in [0.25, 0.3) is 0 Å². The van der Waals surface area contributed by atoms with Gasteiger partial charge in [-0.15, -0.1) is 0 Å². The minimum absolute atomic E-state index is 0.0211. The van der Waals surface area contributed by atoms with Crippen molar-refractivity contribution in [2.75, 3.05) is 11.4 Å². The number of fused-ring (bicyclic) bond motifs is 1. The first-order chi connectivity index (χ1) is 12.3. The van der Waals surface area contributed by atoms with E-state index < -0.39 is 10.0 Å². The molecule has 0 aliphatic carbocycles. The molecule has 0 N–H and O–H groups in total. The molecule has 0 saturated carbocycles. The number of hydrogen-bond acceptors (Lipinski definition) is 3. The second-order valence-corrected chi connectivity index (χ2v) is 8.73. The van der Waals surface area contributed by atoms with E-state index in [9.17, 15) is 13.2 Å². The molecule has 3 rings (SSSR count). The van der Waals surface area contributed by atoms with Gasteiger partial charge in [0.05, 0.1) is 4.90 Å². The van der Waals surface area contributed by atoms with Gasteiger partial charge in [-0.3, -0.25) is 4.79 Å². The van der Waals surface area contributed by atoms with Gasteiger partial charge in [-0.1, -0.05) is 30.3 Å². The van der Waals surface area contributed by atoms with Gasteiger partial charge in [-0.05, 0) is 49.6 Å². The first-order valence-corrected chi connectivity index (χ1v) is 10.2. The van der Waals surface area contributed by atoms with E-state index in [4.69, 9.17) is 0 Å². The average molecular weight is 372 g/mol. The molecule has 0 fully saturated rings. The summed E-state index contributed by atoms with van der Waals surface area (Å²) in [6.45, 7) is 6.22. The largest absolute Gasteiger partial charge is 0.312 e. The SMILES string of the molecule is CC(=O)N1CCc2cc(S(=O)(=O)N(Cc3ccccc3)C(C)C)ccc21. The molecule has 5 nitrogen and oxygen atoms in total. The monoisotopic (exact) mass is 372 g/mol. The zero-order valence-corrected chi connectivity index (χ0v) is 16.2. The predicted molar refractivity (Wildman–Crippen MR) is 102 cm³/mol. The Labute approximate surface area is 155 Å². The highest BCUT2D eigenvalue weighted by molar-refractivity contribution is 7.89. The third-order valence-corrected chi connectivity index (χ3v) is 6.71. The summed E-state index contributed by atoms with van der Waals surface area (Å²) in [5.74, 6) is -0.0211. The van der Waals surface area contributed by atoms with Gasteiger partial charge in [-0.2, -0.15) is 4.31 Å². The van der Waals surface area contributed by atoms with E-state index in [1.165, 1.54) is 11.2 Å². The summed E-state index contributed by atoms with van der Waals surface area (Å²) in [5.41, 5.74) is 2.67. The lowest BCUT2D eigenvalue weighted by Crippen LogP contribution is -2.36. The number of amides is 1. The topological polar surface area (TPSA) is 57.7 Å². The Morgan fingerprint density at radius 2 is 1.85 bits per heavy atom. The van der Waals surface area contributed by atoms with Gasteiger partial charge in [0.1, 0.15) is 0 Å². The smallest absolute Gasteiger partial charge is 0.243 e. The van der Waals surface area contributed by atoms with Crippen molar-refractivity contribution in [2.45, 2.75) is 44.7 Å². The zero-order chi connectivity index (χ0) is 18.9. The van der Waals surface area contributed by atoms with Crippen LogP contribution in [0.2, 0.25) is 0 Å². The minimum Gasteiger partial charge on any atom is -0.312 e. The van der Waals surface area contributed by atoms with Crippen molar-refractivity contribution in [3.63, 3.8) is 0 Å². The molecule has 138 valence electrons. The molecule has 0 aromatic heterocycles. The number of nitrogens with zero attached hydrogens (tertiary/aromatic N) is 2. The fourth-order valence-electron chi connectivity index (χ4n) is 3.31. The molecule has 0 bridgehead atoms. The highest BCUT2D eigenvalue weighted by Gasteiger charge is 2.30. The maximum Gasteiger partial charge on any atom is 0.243 e. The first-order valence-electron chi connectivity index (χ1n) is 8.77. The molecular formula is C20H24N2O3S. The maximum absolute atomic E-state index is 13.2. The normalized spacial score (nSPS) is 14.1. The highest BCUT2D eigenvalue weighted by atomic mass is 32.2. The van der Waals surface area contributed by atoms with Gasteiger partial charge in [0, 0.05) is 31.7 Å². The van der Waals surface area contributed by atoms with Crippen LogP contribution in [-0.4, -0.2) is 31.2 Å². The fraction of sp³-hybridized carbons (Fsp3) is 0.350. The molecule has 2 aromatic rings. The van der Waals surface area contributed by atoms with Crippen molar-refractivity contribution in [3.05, 3.63) is 59.7 Å². The summed E-state index contributed by atoms with van der Waals surface area (Å²) in [6.07, 6.45) is 0.679. The van der Waals surface area contributed by atoms with E-state index in [2.05, 4.69) is 0 Å². The van der Waals surface area contributed by atoms with E-state index in [1.54, 1.807) is 23.1 Å². The molecule has 1 aliphatic heterocycles. The Morgan fingerprint density at radius 1 is 1.15 bits per heavy atom. The molecule has 1 heterocycles. The van der Waals surface area contributed by atoms with Crippen LogP contribution in [0.15, 0.2) is 53.4 Å². The van der Waals surface area contributed by atoms with Crippen LogP contribution in [-0.2, 0) is 27.8 Å². The summed E-state index contributed by atoms with van der Waals surface area (Å²) in [6, 6.07) is 14.5. The van der Waals surface area contributed by atoms with E-state index in [0.29, 0.717) is 19.5 Å². The fourth-order valence-corrected chi connectivity index (χ4v) is 4.99. The second kappa shape index (κ2) is 7.21. The van der Waals surface area contributed by atoms with Crippen LogP contribution >= 0.6 is 0 Å². The molecule has 26 heavy (non-hydrogen) atoms. The maximum atomic E-state index is 13.2. The van der Waals surface area contributed by atoms with Crippen LogP contribution in [0.3, 0.4) is 0 Å². The van der Waals surface area contributed by atoms with Gasteiger partial charge in [0.2, 0.25) is 15.9 Å². The third kappa shape index (κ3) is 3.52. The summed E-state index contributed by atoms with van der Waals surface area (Å²) >= 11 is 0. The Balaban J connectivity index is 1.94. The number of anilines is 1. The molecule has 0 atom stereocenters. The number of carbonyl (C=O) groups is 1. The summed E-state index contributed by atoms with van der Waals surface area (Å²) in [4.78, 5) is 13.7. The number of rotatable bonds is 5. The summed E-state index contributed by atoms with van der Waals surface area (Å²) in [5, 5.41) is 0. The van der Waals surface area contributed by atoms with Crippen LogP contribution in [0.5, 0.6) is 0 Å². The minimum atomic E-state index is -3.63. The van der Waals surface area contributed by atoms with Gasteiger partial charge in [0.15, 0.2) is 0 Å². The van der Waals surface area contributed by atoms with Crippen LogP contribution in [0.25, 0.3) is 0 Å². The van der Waals surface area contributed by atoms with Crippen molar-refractivity contribution >= 4 is 21.6 Å². The molecule has 0 spiro atoms. The standard InChI is InChI=1S/C20H24N2O3S/c1-15(2)22(14-17-7-5-4-6-8-17)26(24,25)19-9-10-20-18(13-19)11-12-21(20)16(3)23/h4-10,13,15H,11-12,14H2,1-3H3. The number of benzene rings is 2. The summed E-state index contributed by atoms with van der Waals surface area (Å²) < 4.78 is 28.0. The lowest BCUT2D eigenvalue weighted by Gasteiger charge is -2.26. The van der Waals surface area contributed by atoms with E-state index in [0.717, 1.165) is 16.8 Å². The number of sulfonamides is 1. The van der Waals surface area contributed by atoms with Crippen LogP contribution in [0.4, 0.5) is 5.69 Å². The molecular weight excluding hydrogens is 348 g/mol. The lowest BCUT2D eigenvalue weighted by molar-refractivity contribution is -0.116. The van der Waals surface area contributed by atoms with Gasteiger partial charge in [-0.25, -0.2) is 8.42 Å². The van der Waals surface area contributed by atoms with Crippen LogP contribution in [0.1, 0.15) is 31.9 Å². The van der Waals surface area contributed by atoms with Crippen molar-refractivity contribution in [1.82, 2.24) is 4.31 Å². The Kier molecular flexibility index (Phi) is 5.16. The molecule has 1 aliphatic rings. The zero-order valence-electron chi connectivity index (χ0n) is 15.3. The van der Waals surface area contributed by atoms with Crippen molar-refractivity contribution in [2.24, 2.45) is 0 Å². The number of carbonyl (C=O) groups excluding carboxylic acids is 1. The van der Waals surface area contributed by atoms with E-state index in [1.807, 2.05) is 44.2 Å². The van der Waals surface area contributed by atoms with Gasteiger partial charge < -0.3 is 4.90 Å². The summed E-state index contributed by atoms with van der Waals surface area (Å²) in [7, 11) is -3.63. The van der Waals surface area contributed by atoms with E-state index in [-0.39, 0.29) is 16.8 Å². The van der Waals surface area contributed by atoms with Crippen LogP contribution < -0.4 is 4.90 Å². The average Bonchev–Trinajstić information content (AvgIpc) is 3.03. The van der Waals surface area contributed by atoms with E-state index >= 15 is 0 Å². The molecule has 0 radical (unpaired) electrons. The Bertz CT molecular complexity index is 908. The lowest BCUT2D eigenvalue weighted by atomic mass is 10.2. The van der Waals surface area contributed by atoms with Crippen molar-refractivity contribution in [3.8, 4) is 0 Å². The van der Waals surface area contributed by atoms with Crippen LogP contribution in [0, 0.1) is 0 Å². The highest BCUT2D eigenvalue weighted by Crippen LogP contribution is 2.32. The Hall–Kier alpha value is -2.18. The molecule has 1 amide bonds. The molecule has 2 aromatic carbocycles. The molecule has 0 unspecified atom stereocenters. The van der Waals surface area contributed by atoms with Crippen molar-refractivity contribution in [1.29, 1.82) is 0 Å². The Morgan fingerprint density at radius 3 is 2.46 bits per heavy atom. The quantitative estimate of drug-likeness (QED) is 0.810. The predicted octanol–water partition coefficient (Wildman–Crippen LogP) is 3.19. The third-order valence-electron chi connectivity index (χ3n) is 4.69. The van der Waals surface area contributed by atoms with Gasteiger partial charge >= 0.3 is 0 Å². The first kappa shape index (κ1) is 18.6. The number of hydrogen-bond donors (Lipinski definition) is 0. The van der Waals surface area contributed by atoms with Crippen molar-refractivity contribution < 1.29 is 13.2 Å². The molecule has 0 saturated heterocycles.